The van der Waals surface area contributed by atoms with E-state index in [1.54, 1.807) is 12.1 Å². The molecule has 0 bridgehead atoms. The van der Waals surface area contributed by atoms with Gasteiger partial charge < -0.3 is 9.52 Å². The van der Waals surface area contributed by atoms with Crippen LogP contribution in [-0.2, 0) is 6.42 Å². The summed E-state index contributed by atoms with van der Waals surface area (Å²) in [5.41, 5.74) is 1.06. The molecular weight excluding hydrogens is 194 g/mol. The molecule has 0 amide bonds. The van der Waals surface area contributed by atoms with Crippen LogP contribution in [0.25, 0.3) is 11.0 Å². The third-order valence-electron chi connectivity index (χ3n) is 2.08. The fourth-order valence-electron chi connectivity index (χ4n) is 1.38. The summed E-state index contributed by atoms with van der Waals surface area (Å²) in [4.78, 5) is 14.3. The Morgan fingerprint density at radius 1 is 1.53 bits per heavy atom. The van der Waals surface area contributed by atoms with Crippen molar-refractivity contribution in [3.63, 3.8) is 0 Å². The molecule has 0 atom stereocenters. The van der Waals surface area contributed by atoms with E-state index in [1.165, 1.54) is 12.3 Å². The number of phenolic OH excluding ortho intramolecular Hbond substituents is 1. The van der Waals surface area contributed by atoms with Gasteiger partial charge in [0.2, 0.25) is 0 Å². The molecule has 4 nitrogen and oxygen atoms in total. The molecule has 0 unspecified atom stereocenters. The summed E-state index contributed by atoms with van der Waals surface area (Å²) in [6.07, 6.45) is 3.67. The van der Waals surface area contributed by atoms with Crippen LogP contribution < -0.4 is 5.76 Å². The lowest BCUT2D eigenvalue weighted by molar-refractivity contribution is 0.466. The highest BCUT2D eigenvalue weighted by molar-refractivity contribution is 5.78. The van der Waals surface area contributed by atoms with E-state index in [4.69, 9.17) is 4.42 Å². The molecule has 0 fully saturated rings. The molecule has 1 aromatic heterocycles. The normalized spacial score (nSPS) is 10.4. The molecule has 0 spiro atoms. The van der Waals surface area contributed by atoms with Crippen molar-refractivity contribution in [1.82, 2.24) is 4.98 Å². The van der Waals surface area contributed by atoms with Crippen molar-refractivity contribution < 1.29 is 9.52 Å². The molecule has 0 aliphatic rings. The molecule has 1 heterocycles. The summed E-state index contributed by atoms with van der Waals surface area (Å²) < 4.78 is 4.82. The topological polar surface area (TPSA) is 63.3 Å². The van der Waals surface area contributed by atoms with Crippen molar-refractivity contribution in [3.05, 3.63) is 47.1 Å². The maximum Gasteiger partial charge on any atom is 0.439 e. The van der Waals surface area contributed by atoms with Gasteiger partial charge >= 0.3 is 5.76 Å². The summed E-state index contributed by atoms with van der Waals surface area (Å²) in [6.45, 7) is 3.59. The summed E-state index contributed by atoms with van der Waals surface area (Å²) in [5, 5.41) is 10.3. The number of fused-ring (bicyclic) bond motifs is 1. The maximum absolute atomic E-state index is 10.8. The number of nitrogens with zero attached hydrogens (tertiary/aromatic N) is 1. The van der Waals surface area contributed by atoms with Gasteiger partial charge in [0.05, 0.1) is 0 Å². The van der Waals surface area contributed by atoms with E-state index in [-0.39, 0.29) is 5.75 Å². The Balaban J connectivity index is 2.70. The van der Waals surface area contributed by atoms with Crippen molar-refractivity contribution in [2.45, 2.75) is 6.42 Å². The zero-order valence-corrected chi connectivity index (χ0v) is 7.93. The predicted octanol–water partition coefficient (Wildman–Crippen LogP) is 1.62. The second-order valence-electron chi connectivity index (χ2n) is 3.14. The number of aromatic hydroxyl groups is 1. The Labute approximate surface area is 85.5 Å². The lowest BCUT2D eigenvalue weighted by atomic mass is 10.1. The average molecular weight is 203 g/mol. The van der Waals surface area contributed by atoms with E-state index < -0.39 is 5.76 Å². The van der Waals surface area contributed by atoms with Crippen molar-refractivity contribution in [2.75, 3.05) is 0 Å². The predicted molar refractivity (Wildman–Crippen MR) is 55.8 cm³/mol. The second-order valence-corrected chi connectivity index (χ2v) is 3.14. The largest absolute Gasteiger partial charge is 0.508 e. The van der Waals surface area contributed by atoms with Gasteiger partial charge in [-0.3, -0.25) is 0 Å². The quantitative estimate of drug-likeness (QED) is 0.753. The van der Waals surface area contributed by atoms with E-state index >= 15 is 0 Å². The third-order valence-corrected chi connectivity index (χ3v) is 2.08. The van der Waals surface area contributed by atoms with Crippen LogP contribution in [0.2, 0.25) is 0 Å². The Kier molecular flexibility index (Phi) is 2.25. The highest BCUT2D eigenvalue weighted by Crippen LogP contribution is 2.24. The molecule has 0 aliphatic carbocycles. The molecule has 0 saturated heterocycles. The van der Waals surface area contributed by atoms with Crippen LogP contribution in [0, 0.1) is 0 Å². The summed E-state index contributed by atoms with van der Waals surface area (Å²) in [7, 11) is 0. The van der Waals surface area contributed by atoms with Crippen molar-refractivity contribution in [1.29, 1.82) is 0 Å². The van der Waals surface area contributed by atoms with Gasteiger partial charge in [-0.15, -0.1) is 6.58 Å². The third kappa shape index (κ3) is 1.74. The lowest BCUT2D eigenvalue weighted by Crippen LogP contribution is -2.01. The van der Waals surface area contributed by atoms with E-state index in [2.05, 4.69) is 11.6 Å². The van der Waals surface area contributed by atoms with E-state index in [1.807, 2.05) is 0 Å². The first-order chi connectivity index (χ1) is 7.20. The molecule has 2 rings (SSSR count). The number of rotatable bonds is 2. The Hall–Kier alpha value is -2.10. The number of allylic oxidation sites excluding steroid dienone is 1. The average Bonchev–Trinajstić information content (AvgIpc) is 2.20. The monoisotopic (exact) mass is 203 g/mol. The van der Waals surface area contributed by atoms with E-state index in [9.17, 15) is 9.90 Å². The highest BCUT2D eigenvalue weighted by atomic mass is 16.4. The summed E-state index contributed by atoms with van der Waals surface area (Å²) in [5.74, 6) is -0.574. The molecule has 15 heavy (non-hydrogen) atoms. The van der Waals surface area contributed by atoms with Crippen LogP contribution >= 0.6 is 0 Å². The van der Waals surface area contributed by atoms with Crippen LogP contribution in [0.4, 0.5) is 0 Å². The first-order valence-electron chi connectivity index (χ1n) is 4.43. The molecule has 0 saturated carbocycles. The molecule has 0 radical (unpaired) electrons. The van der Waals surface area contributed by atoms with Crippen LogP contribution in [0.3, 0.4) is 0 Å². The number of benzene rings is 1. The summed E-state index contributed by atoms with van der Waals surface area (Å²) >= 11 is 0. The fourth-order valence-corrected chi connectivity index (χ4v) is 1.38. The SMILES string of the molecule is C=CCc1cc2cnc(=O)oc2cc1O. The minimum Gasteiger partial charge on any atom is -0.508 e. The standard InChI is InChI=1S/C11H9NO3/c1-2-3-7-4-8-6-12-11(14)15-10(8)5-9(7)13/h2,4-6,13H,1,3H2. The van der Waals surface area contributed by atoms with Crippen LogP contribution in [0.1, 0.15) is 5.56 Å². The van der Waals surface area contributed by atoms with Gasteiger partial charge in [-0.05, 0) is 18.1 Å². The smallest absolute Gasteiger partial charge is 0.439 e. The molecule has 2 aromatic rings. The molecule has 76 valence electrons. The molecule has 0 aliphatic heterocycles. The maximum atomic E-state index is 10.8. The Bertz CT molecular complexity index is 572. The van der Waals surface area contributed by atoms with Gasteiger partial charge in [-0.2, -0.15) is 4.98 Å². The lowest BCUT2D eigenvalue weighted by Gasteiger charge is -2.02. The van der Waals surface area contributed by atoms with Crippen LogP contribution in [0.15, 0.2) is 40.2 Å². The zero-order valence-electron chi connectivity index (χ0n) is 7.93. The van der Waals surface area contributed by atoms with Crippen LogP contribution in [0.5, 0.6) is 5.75 Å². The summed E-state index contributed by atoms with van der Waals surface area (Å²) in [6, 6.07) is 3.14. The molecular formula is C11H9NO3. The second kappa shape index (κ2) is 3.57. The van der Waals surface area contributed by atoms with Crippen LogP contribution in [-0.4, -0.2) is 10.1 Å². The zero-order chi connectivity index (χ0) is 10.8. The van der Waals surface area contributed by atoms with Crippen molar-refractivity contribution in [2.24, 2.45) is 0 Å². The highest BCUT2D eigenvalue weighted by Gasteiger charge is 2.04. The van der Waals surface area contributed by atoms with Crippen molar-refractivity contribution >= 4 is 11.0 Å². The number of hydrogen-bond donors (Lipinski definition) is 1. The Morgan fingerprint density at radius 2 is 2.33 bits per heavy atom. The number of aromatic nitrogens is 1. The molecule has 1 N–H and O–H groups in total. The van der Waals surface area contributed by atoms with Crippen molar-refractivity contribution in [3.8, 4) is 5.75 Å². The number of phenols is 1. The van der Waals surface area contributed by atoms with Gasteiger partial charge in [0.1, 0.15) is 11.3 Å². The minimum atomic E-state index is -0.668. The molecule has 1 aromatic carbocycles. The van der Waals surface area contributed by atoms with Gasteiger partial charge in [0.25, 0.3) is 0 Å². The van der Waals surface area contributed by atoms with E-state index in [0.717, 1.165) is 5.56 Å². The fraction of sp³-hybridized carbons (Fsp3) is 0.0909. The minimum absolute atomic E-state index is 0.0942. The molecule has 4 heteroatoms. The first kappa shape index (κ1) is 9.45. The first-order valence-corrected chi connectivity index (χ1v) is 4.43. The van der Waals surface area contributed by atoms with Gasteiger partial charge in [0.15, 0.2) is 0 Å². The van der Waals surface area contributed by atoms with Gasteiger partial charge in [0, 0.05) is 17.6 Å². The Morgan fingerprint density at radius 3 is 3.07 bits per heavy atom. The number of hydrogen-bond acceptors (Lipinski definition) is 4. The van der Waals surface area contributed by atoms with Gasteiger partial charge in [-0.25, -0.2) is 4.79 Å². The van der Waals surface area contributed by atoms with E-state index in [0.29, 0.717) is 17.4 Å². The van der Waals surface area contributed by atoms with Gasteiger partial charge in [-0.1, -0.05) is 6.08 Å².